The first kappa shape index (κ1) is 14.6. The molecule has 2 unspecified atom stereocenters. The second-order valence-electron chi connectivity index (χ2n) is 6.11. The maximum atomic E-state index is 6.18. The normalized spacial score (nSPS) is 18.6. The van der Waals surface area contributed by atoms with E-state index in [1.807, 2.05) is 12.1 Å². The zero-order chi connectivity index (χ0) is 15.8. The molecule has 2 heterocycles. The van der Waals surface area contributed by atoms with Gasteiger partial charge in [-0.2, -0.15) is 4.98 Å². The van der Waals surface area contributed by atoms with E-state index >= 15 is 0 Å². The van der Waals surface area contributed by atoms with Crippen LogP contribution < -0.4 is 5.73 Å². The van der Waals surface area contributed by atoms with Crippen molar-refractivity contribution in [2.45, 2.75) is 38.1 Å². The molecule has 1 aromatic carbocycles. The molecule has 0 radical (unpaired) electrons. The van der Waals surface area contributed by atoms with Gasteiger partial charge in [-0.05, 0) is 54.0 Å². The minimum Gasteiger partial charge on any atom is -0.334 e. The summed E-state index contributed by atoms with van der Waals surface area (Å²) in [5, 5.41) is 6.24. The van der Waals surface area contributed by atoms with Crippen LogP contribution in [-0.2, 0) is 6.42 Å². The highest BCUT2D eigenvalue weighted by atomic mass is 32.1. The second-order valence-corrected chi connectivity index (χ2v) is 7.09. The summed E-state index contributed by atoms with van der Waals surface area (Å²) < 4.78 is 5.50. The zero-order valence-electron chi connectivity index (χ0n) is 13.0. The van der Waals surface area contributed by atoms with Gasteiger partial charge in [0, 0.05) is 16.5 Å². The van der Waals surface area contributed by atoms with Crippen LogP contribution in [0.5, 0.6) is 0 Å². The van der Waals surface area contributed by atoms with Crippen LogP contribution in [0.4, 0.5) is 0 Å². The van der Waals surface area contributed by atoms with Crippen molar-refractivity contribution in [3.63, 3.8) is 0 Å². The molecule has 0 saturated carbocycles. The molecule has 2 aromatic heterocycles. The Morgan fingerprint density at radius 2 is 2.26 bits per heavy atom. The van der Waals surface area contributed by atoms with Gasteiger partial charge in [0.2, 0.25) is 0 Å². The second kappa shape index (κ2) is 5.91. The molecule has 0 aliphatic heterocycles. The molecule has 1 aliphatic carbocycles. The number of nitrogens with zero attached hydrogens (tertiary/aromatic N) is 2. The highest BCUT2D eigenvalue weighted by Crippen LogP contribution is 2.32. The molecule has 0 amide bonds. The van der Waals surface area contributed by atoms with Gasteiger partial charge in [-0.1, -0.05) is 24.2 Å². The zero-order valence-corrected chi connectivity index (χ0v) is 13.8. The molecule has 0 bridgehead atoms. The first-order chi connectivity index (χ1) is 11.2. The van der Waals surface area contributed by atoms with Crippen LogP contribution >= 0.6 is 11.3 Å². The molecular weight excluding hydrogens is 306 g/mol. The van der Waals surface area contributed by atoms with Crippen LogP contribution in [-0.4, -0.2) is 10.1 Å². The molecule has 3 aromatic rings. The van der Waals surface area contributed by atoms with Gasteiger partial charge in [0.05, 0.1) is 5.92 Å². The lowest BCUT2D eigenvalue weighted by Crippen LogP contribution is -2.17. The third kappa shape index (κ3) is 2.71. The van der Waals surface area contributed by atoms with Crippen molar-refractivity contribution < 1.29 is 4.52 Å². The summed E-state index contributed by atoms with van der Waals surface area (Å²) in [5.74, 6) is 1.47. The minimum absolute atomic E-state index is 0.151. The van der Waals surface area contributed by atoms with Crippen LogP contribution in [0.2, 0.25) is 0 Å². The Kier molecular flexibility index (Phi) is 3.75. The van der Waals surface area contributed by atoms with Gasteiger partial charge in [0.25, 0.3) is 5.89 Å². The Hall–Kier alpha value is -1.98. The van der Waals surface area contributed by atoms with E-state index in [0.29, 0.717) is 5.89 Å². The number of hydrogen-bond acceptors (Lipinski definition) is 5. The van der Waals surface area contributed by atoms with Gasteiger partial charge >= 0.3 is 0 Å². The lowest BCUT2D eigenvalue weighted by molar-refractivity contribution is 0.420. The number of benzene rings is 1. The molecule has 4 rings (SSSR count). The van der Waals surface area contributed by atoms with Crippen molar-refractivity contribution in [1.29, 1.82) is 0 Å². The van der Waals surface area contributed by atoms with Crippen LogP contribution in [0.25, 0.3) is 11.5 Å². The van der Waals surface area contributed by atoms with Crippen molar-refractivity contribution in [2.75, 3.05) is 0 Å². The average molecular weight is 325 g/mol. The molecule has 23 heavy (non-hydrogen) atoms. The lowest BCUT2D eigenvalue weighted by Gasteiger charge is -2.22. The molecule has 2 atom stereocenters. The topological polar surface area (TPSA) is 64.9 Å². The number of aromatic nitrogens is 2. The van der Waals surface area contributed by atoms with E-state index in [1.165, 1.54) is 16.0 Å². The number of hydrogen-bond donors (Lipinski definition) is 1. The van der Waals surface area contributed by atoms with Crippen molar-refractivity contribution in [2.24, 2.45) is 5.73 Å². The predicted molar refractivity (Wildman–Crippen MR) is 91.4 cm³/mol. The summed E-state index contributed by atoms with van der Waals surface area (Å²) in [6, 6.07) is 10.6. The van der Waals surface area contributed by atoms with Crippen molar-refractivity contribution in [3.8, 4) is 11.5 Å². The number of aryl methyl sites for hydroxylation is 1. The Balaban J connectivity index is 1.64. The summed E-state index contributed by atoms with van der Waals surface area (Å²) in [6.07, 6.45) is 3.28. The van der Waals surface area contributed by atoms with Gasteiger partial charge in [0.15, 0.2) is 5.82 Å². The Morgan fingerprint density at radius 1 is 1.35 bits per heavy atom. The maximum absolute atomic E-state index is 6.18. The van der Waals surface area contributed by atoms with Crippen LogP contribution in [0.1, 0.15) is 53.6 Å². The highest BCUT2D eigenvalue weighted by Gasteiger charge is 2.20. The van der Waals surface area contributed by atoms with E-state index in [9.17, 15) is 0 Å². The third-order valence-corrected chi connectivity index (χ3v) is 5.60. The Bertz CT molecular complexity index is 810. The molecular formula is C18H19N3OS. The van der Waals surface area contributed by atoms with E-state index in [2.05, 4.69) is 40.6 Å². The highest BCUT2D eigenvalue weighted by molar-refractivity contribution is 7.10. The van der Waals surface area contributed by atoms with E-state index in [4.69, 9.17) is 10.3 Å². The third-order valence-electron chi connectivity index (χ3n) is 4.55. The molecule has 0 spiro atoms. The first-order valence-corrected chi connectivity index (χ1v) is 8.86. The quantitative estimate of drug-likeness (QED) is 0.780. The van der Waals surface area contributed by atoms with Gasteiger partial charge in [-0.25, -0.2) is 0 Å². The fourth-order valence-corrected chi connectivity index (χ4v) is 3.96. The summed E-state index contributed by atoms with van der Waals surface area (Å²) in [4.78, 5) is 5.85. The molecule has 2 N–H and O–H groups in total. The molecule has 1 aliphatic rings. The maximum Gasteiger partial charge on any atom is 0.257 e. The van der Waals surface area contributed by atoms with Crippen molar-refractivity contribution >= 4 is 11.3 Å². The number of nitrogens with two attached hydrogens (primary N) is 1. The number of thiophene rings is 1. The number of rotatable bonds is 3. The summed E-state index contributed by atoms with van der Waals surface area (Å²) in [7, 11) is 0. The van der Waals surface area contributed by atoms with E-state index in [-0.39, 0.29) is 12.0 Å². The fourth-order valence-electron chi connectivity index (χ4n) is 3.18. The lowest BCUT2D eigenvalue weighted by atomic mass is 9.87. The molecule has 118 valence electrons. The van der Waals surface area contributed by atoms with Crippen LogP contribution in [0.3, 0.4) is 0 Å². The fraction of sp³-hybridized carbons (Fsp3) is 0.333. The standard InChI is InChI=1S/C18H19N3OS/c1-11(16-6-3-9-23-16)17-20-18(22-21-17)13-7-8-14-12(10-13)4-2-5-15(14)19/h3,6-11,15H,2,4-5,19H2,1H3. The molecule has 4 nitrogen and oxygen atoms in total. The van der Waals surface area contributed by atoms with Gasteiger partial charge < -0.3 is 10.3 Å². The SMILES string of the molecule is CC(c1noc(-c2ccc3c(c2)CCCC3N)n1)c1cccs1. The first-order valence-electron chi connectivity index (χ1n) is 7.98. The molecule has 0 saturated heterocycles. The van der Waals surface area contributed by atoms with Gasteiger partial charge in [-0.3, -0.25) is 0 Å². The summed E-state index contributed by atoms with van der Waals surface area (Å²) >= 11 is 1.71. The van der Waals surface area contributed by atoms with E-state index in [0.717, 1.165) is 30.7 Å². The number of fused-ring (bicyclic) bond motifs is 1. The van der Waals surface area contributed by atoms with Crippen LogP contribution in [0.15, 0.2) is 40.2 Å². The average Bonchev–Trinajstić information content (AvgIpc) is 3.26. The van der Waals surface area contributed by atoms with Gasteiger partial charge in [0.1, 0.15) is 0 Å². The van der Waals surface area contributed by atoms with Crippen molar-refractivity contribution in [3.05, 3.63) is 57.5 Å². The minimum atomic E-state index is 0.151. The molecule has 0 fully saturated rings. The smallest absolute Gasteiger partial charge is 0.257 e. The summed E-state index contributed by atoms with van der Waals surface area (Å²) in [5.41, 5.74) is 9.73. The summed E-state index contributed by atoms with van der Waals surface area (Å²) in [6.45, 7) is 2.10. The van der Waals surface area contributed by atoms with Crippen LogP contribution in [0, 0.1) is 0 Å². The van der Waals surface area contributed by atoms with Crippen molar-refractivity contribution in [1.82, 2.24) is 10.1 Å². The Morgan fingerprint density at radius 3 is 3.09 bits per heavy atom. The molecule has 5 heteroatoms. The van der Waals surface area contributed by atoms with E-state index in [1.54, 1.807) is 11.3 Å². The Labute approximate surface area is 139 Å². The van der Waals surface area contributed by atoms with E-state index < -0.39 is 0 Å². The van der Waals surface area contributed by atoms with Gasteiger partial charge in [-0.15, -0.1) is 11.3 Å². The monoisotopic (exact) mass is 325 g/mol. The predicted octanol–water partition coefficient (Wildman–Crippen LogP) is 4.29. The largest absolute Gasteiger partial charge is 0.334 e.